The van der Waals surface area contributed by atoms with E-state index in [9.17, 15) is 14.4 Å². The highest BCUT2D eigenvalue weighted by Gasteiger charge is 2.30. The van der Waals surface area contributed by atoms with Crippen molar-refractivity contribution in [3.63, 3.8) is 0 Å². The lowest BCUT2D eigenvalue weighted by Crippen LogP contribution is -2.32. The van der Waals surface area contributed by atoms with Crippen LogP contribution in [0.15, 0.2) is 29.2 Å². The van der Waals surface area contributed by atoms with E-state index >= 15 is 0 Å². The molecule has 2 heterocycles. The van der Waals surface area contributed by atoms with Gasteiger partial charge in [-0.05, 0) is 31.5 Å². The predicted octanol–water partition coefficient (Wildman–Crippen LogP) is 3.59. The predicted molar refractivity (Wildman–Crippen MR) is 103 cm³/mol. The maximum absolute atomic E-state index is 12.5. The zero-order valence-corrected chi connectivity index (χ0v) is 16.2. The van der Waals surface area contributed by atoms with E-state index in [1.54, 1.807) is 0 Å². The van der Waals surface area contributed by atoms with Gasteiger partial charge in [0.1, 0.15) is 5.00 Å². The first-order valence-electron chi connectivity index (χ1n) is 7.95. The van der Waals surface area contributed by atoms with Gasteiger partial charge >= 0.3 is 5.97 Å². The molecule has 1 unspecified atom stereocenters. The Labute approximate surface area is 159 Å². The molecule has 0 spiro atoms. The van der Waals surface area contributed by atoms with Gasteiger partial charge in [0, 0.05) is 16.2 Å². The van der Waals surface area contributed by atoms with Gasteiger partial charge in [-0.1, -0.05) is 12.1 Å². The van der Waals surface area contributed by atoms with Crippen molar-refractivity contribution in [3.8, 4) is 0 Å². The average Bonchev–Trinajstić information content (AvgIpc) is 2.88. The van der Waals surface area contributed by atoms with Crippen LogP contribution in [0.2, 0.25) is 0 Å². The minimum absolute atomic E-state index is 0.0153. The molecule has 8 heteroatoms. The Morgan fingerprint density at radius 1 is 1.27 bits per heavy atom. The van der Waals surface area contributed by atoms with Gasteiger partial charge < -0.3 is 15.4 Å². The van der Waals surface area contributed by atoms with Crippen LogP contribution >= 0.6 is 23.1 Å². The Morgan fingerprint density at radius 2 is 2.00 bits per heavy atom. The number of esters is 1. The fraction of sp³-hybridized carbons (Fsp3) is 0.278. The van der Waals surface area contributed by atoms with E-state index in [2.05, 4.69) is 10.6 Å². The van der Waals surface area contributed by atoms with Crippen molar-refractivity contribution in [2.24, 2.45) is 0 Å². The van der Waals surface area contributed by atoms with Crippen LogP contribution in [-0.4, -0.2) is 30.1 Å². The minimum atomic E-state index is -0.520. The molecule has 2 N–H and O–H groups in total. The Kier molecular flexibility index (Phi) is 5.33. The third-order valence-corrected chi connectivity index (χ3v) is 6.50. The average molecular weight is 390 g/mol. The molecule has 1 aliphatic rings. The summed E-state index contributed by atoms with van der Waals surface area (Å²) in [7, 11) is 1.31. The van der Waals surface area contributed by atoms with Crippen LogP contribution in [0.25, 0.3) is 0 Å². The number of anilines is 2. The molecule has 1 aromatic carbocycles. The topological polar surface area (TPSA) is 84.5 Å². The SMILES string of the molecule is COC(=O)c1c(NC(=O)CC2Sc3ccccc3NC2=O)sc(C)c1C. The van der Waals surface area contributed by atoms with Crippen LogP contribution in [0.3, 0.4) is 0 Å². The molecular formula is C18H18N2O4S2. The van der Waals surface area contributed by atoms with E-state index < -0.39 is 11.2 Å². The summed E-state index contributed by atoms with van der Waals surface area (Å²) in [5.74, 6) is -1.00. The molecule has 2 amide bonds. The third kappa shape index (κ3) is 3.61. The second-order valence-corrected chi connectivity index (χ2v) is 8.29. The summed E-state index contributed by atoms with van der Waals surface area (Å²) in [6.45, 7) is 3.69. The normalized spacial score (nSPS) is 15.8. The van der Waals surface area contributed by atoms with Crippen LogP contribution < -0.4 is 10.6 Å². The number of rotatable bonds is 4. The van der Waals surface area contributed by atoms with Gasteiger partial charge in [0.05, 0.1) is 23.6 Å². The number of para-hydroxylation sites is 1. The molecule has 6 nitrogen and oxygen atoms in total. The lowest BCUT2D eigenvalue weighted by molar-refractivity contribution is -0.120. The summed E-state index contributed by atoms with van der Waals surface area (Å²) in [5, 5.41) is 5.52. The molecule has 136 valence electrons. The van der Waals surface area contributed by atoms with Gasteiger partial charge in [-0.2, -0.15) is 0 Å². The molecular weight excluding hydrogens is 372 g/mol. The molecule has 0 aliphatic carbocycles. The van der Waals surface area contributed by atoms with Gasteiger partial charge in [0.15, 0.2) is 0 Å². The van der Waals surface area contributed by atoms with Crippen molar-refractivity contribution >= 4 is 51.6 Å². The van der Waals surface area contributed by atoms with Crippen LogP contribution in [0.5, 0.6) is 0 Å². The Bertz CT molecular complexity index is 891. The first-order valence-corrected chi connectivity index (χ1v) is 9.65. The molecule has 3 rings (SSSR count). The molecule has 2 aromatic rings. The Hall–Kier alpha value is -2.32. The largest absolute Gasteiger partial charge is 0.465 e. The summed E-state index contributed by atoms with van der Waals surface area (Å²) >= 11 is 2.69. The Balaban J connectivity index is 1.73. The zero-order valence-electron chi connectivity index (χ0n) is 14.5. The first kappa shape index (κ1) is 18.5. The number of nitrogens with one attached hydrogen (secondary N) is 2. The number of aryl methyl sites for hydroxylation is 1. The van der Waals surface area contributed by atoms with E-state index in [4.69, 9.17) is 4.74 Å². The number of amides is 2. The highest BCUT2D eigenvalue weighted by Crippen LogP contribution is 2.37. The smallest absolute Gasteiger partial charge is 0.341 e. The van der Waals surface area contributed by atoms with Gasteiger partial charge in [0.25, 0.3) is 0 Å². The van der Waals surface area contributed by atoms with E-state index in [0.717, 1.165) is 21.0 Å². The molecule has 0 saturated carbocycles. The van der Waals surface area contributed by atoms with Gasteiger partial charge in [-0.25, -0.2) is 4.79 Å². The highest BCUT2D eigenvalue weighted by molar-refractivity contribution is 8.01. The third-order valence-electron chi connectivity index (χ3n) is 4.11. The molecule has 26 heavy (non-hydrogen) atoms. The van der Waals surface area contributed by atoms with Gasteiger partial charge in [-0.15, -0.1) is 23.1 Å². The van der Waals surface area contributed by atoms with Gasteiger partial charge in [-0.3, -0.25) is 9.59 Å². The van der Waals surface area contributed by atoms with E-state index in [-0.39, 0.29) is 18.2 Å². The fourth-order valence-corrected chi connectivity index (χ4v) is 4.81. The molecule has 0 bridgehead atoms. The van der Waals surface area contributed by atoms with Crippen molar-refractivity contribution in [1.82, 2.24) is 0 Å². The molecule has 0 saturated heterocycles. The number of ether oxygens (including phenoxy) is 1. The second kappa shape index (κ2) is 7.51. The van der Waals surface area contributed by atoms with E-state index in [0.29, 0.717) is 10.6 Å². The maximum Gasteiger partial charge on any atom is 0.341 e. The molecule has 0 radical (unpaired) electrons. The number of methoxy groups -OCH3 is 1. The number of hydrogen-bond donors (Lipinski definition) is 2. The Morgan fingerprint density at radius 3 is 2.73 bits per heavy atom. The second-order valence-electron chi connectivity index (χ2n) is 5.82. The summed E-state index contributed by atoms with van der Waals surface area (Å²) in [6.07, 6.45) is 0.0153. The van der Waals surface area contributed by atoms with Crippen molar-refractivity contribution in [2.45, 2.75) is 30.4 Å². The lowest BCUT2D eigenvalue weighted by atomic mass is 10.1. The van der Waals surface area contributed by atoms with E-state index in [1.165, 1.54) is 30.2 Å². The van der Waals surface area contributed by atoms with Crippen LogP contribution in [0.4, 0.5) is 10.7 Å². The number of carbonyl (C=O) groups is 3. The number of hydrogen-bond acceptors (Lipinski definition) is 6. The van der Waals surface area contributed by atoms with Crippen LogP contribution in [0, 0.1) is 13.8 Å². The summed E-state index contributed by atoms with van der Waals surface area (Å²) in [5.41, 5.74) is 1.92. The minimum Gasteiger partial charge on any atom is -0.465 e. The number of thiophene rings is 1. The fourth-order valence-electron chi connectivity index (χ4n) is 2.64. The number of fused-ring (bicyclic) bond motifs is 1. The molecule has 1 atom stereocenters. The zero-order chi connectivity index (χ0) is 18.8. The monoisotopic (exact) mass is 390 g/mol. The van der Waals surface area contributed by atoms with Crippen molar-refractivity contribution in [2.75, 3.05) is 17.7 Å². The number of benzene rings is 1. The number of thioether (sulfide) groups is 1. The van der Waals surface area contributed by atoms with Crippen molar-refractivity contribution in [3.05, 3.63) is 40.3 Å². The molecule has 1 aliphatic heterocycles. The summed E-state index contributed by atoms with van der Waals surface area (Å²) < 4.78 is 4.81. The summed E-state index contributed by atoms with van der Waals surface area (Å²) in [4.78, 5) is 38.6. The van der Waals surface area contributed by atoms with Crippen LogP contribution in [0.1, 0.15) is 27.2 Å². The van der Waals surface area contributed by atoms with Crippen LogP contribution in [-0.2, 0) is 14.3 Å². The maximum atomic E-state index is 12.5. The van der Waals surface area contributed by atoms with Crippen molar-refractivity contribution in [1.29, 1.82) is 0 Å². The van der Waals surface area contributed by atoms with Crippen molar-refractivity contribution < 1.29 is 19.1 Å². The quantitative estimate of drug-likeness (QED) is 0.780. The molecule has 0 fully saturated rings. The van der Waals surface area contributed by atoms with Gasteiger partial charge in [0.2, 0.25) is 11.8 Å². The highest BCUT2D eigenvalue weighted by atomic mass is 32.2. The number of carbonyl (C=O) groups excluding carboxylic acids is 3. The standard InChI is InChI=1S/C18H18N2O4S2/c1-9-10(2)25-17(15(9)18(23)24-3)20-14(21)8-13-16(22)19-11-6-4-5-7-12(11)26-13/h4-7,13H,8H2,1-3H3,(H,19,22)(H,20,21). The summed E-state index contributed by atoms with van der Waals surface area (Å²) in [6, 6.07) is 7.48. The lowest BCUT2D eigenvalue weighted by Gasteiger charge is -2.23. The van der Waals surface area contributed by atoms with E-state index in [1.807, 2.05) is 38.1 Å². The molecule has 1 aromatic heterocycles. The first-order chi connectivity index (χ1) is 12.4.